The first-order valence-corrected chi connectivity index (χ1v) is 10.9. The van der Waals surface area contributed by atoms with Crippen molar-refractivity contribution in [3.63, 3.8) is 0 Å². The molecule has 2 aromatic carbocycles. The number of halogens is 1. The molecule has 3 rings (SSSR count). The summed E-state index contributed by atoms with van der Waals surface area (Å²) in [6.07, 6.45) is 3.39. The zero-order chi connectivity index (χ0) is 19.8. The molecule has 150 valence electrons. The second-order valence-electron chi connectivity index (χ2n) is 6.85. The number of amides is 1. The Balaban J connectivity index is 1.35. The van der Waals surface area contributed by atoms with Gasteiger partial charge in [0.25, 0.3) is 0 Å². The molecule has 0 N–H and O–H groups in total. The Labute approximate surface area is 170 Å². The number of para-hydroxylation sites is 1. The van der Waals surface area contributed by atoms with Crippen LogP contribution in [0.2, 0.25) is 0 Å². The smallest absolute Gasteiger partial charge is 0.222 e. The molecule has 0 atom stereocenters. The molecule has 0 spiro atoms. The van der Waals surface area contributed by atoms with Crippen LogP contribution in [0.4, 0.5) is 4.39 Å². The van der Waals surface area contributed by atoms with Crippen LogP contribution in [-0.2, 0) is 11.2 Å². The molecule has 1 aliphatic heterocycles. The molecular weight excluding hydrogens is 375 g/mol. The molecule has 0 saturated carbocycles. The lowest BCUT2D eigenvalue weighted by atomic mass is 10.1. The first-order chi connectivity index (χ1) is 13.7. The predicted molar refractivity (Wildman–Crippen MR) is 111 cm³/mol. The largest absolute Gasteiger partial charge is 0.489 e. The molecule has 1 saturated heterocycles. The second-order valence-corrected chi connectivity index (χ2v) is 7.73. The topological polar surface area (TPSA) is 32.8 Å². The molecule has 4 nitrogen and oxygen atoms in total. The zero-order valence-corrected chi connectivity index (χ0v) is 17.1. The summed E-state index contributed by atoms with van der Waals surface area (Å²) in [5.41, 5.74) is 1.20. The average molecular weight is 403 g/mol. The van der Waals surface area contributed by atoms with E-state index in [1.807, 2.05) is 4.90 Å². The highest BCUT2D eigenvalue weighted by Crippen LogP contribution is 2.17. The van der Waals surface area contributed by atoms with Crippen molar-refractivity contribution < 1.29 is 13.9 Å². The van der Waals surface area contributed by atoms with Gasteiger partial charge in [-0.3, -0.25) is 9.69 Å². The minimum absolute atomic E-state index is 0.219. The maximum absolute atomic E-state index is 13.5. The highest BCUT2D eigenvalue weighted by Gasteiger charge is 2.20. The number of benzene rings is 2. The normalized spacial score (nSPS) is 14.9. The molecule has 0 radical (unpaired) electrons. The number of nitrogens with zero attached hydrogens (tertiary/aromatic N) is 2. The van der Waals surface area contributed by atoms with Gasteiger partial charge in [0, 0.05) is 44.0 Å². The van der Waals surface area contributed by atoms with Gasteiger partial charge in [0.2, 0.25) is 5.91 Å². The molecule has 0 aromatic heterocycles. The van der Waals surface area contributed by atoms with Gasteiger partial charge in [-0.15, -0.1) is 11.8 Å². The van der Waals surface area contributed by atoms with Gasteiger partial charge < -0.3 is 9.64 Å². The highest BCUT2D eigenvalue weighted by atomic mass is 32.2. The van der Waals surface area contributed by atoms with E-state index in [1.54, 1.807) is 30.0 Å². The Morgan fingerprint density at radius 2 is 1.79 bits per heavy atom. The SMILES string of the molecule is CSc1ccc(CCC(=O)N2CCN(CCOc3ccccc3F)CC2)cc1. The number of ether oxygens (including phenoxy) is 1. The lowest BCUT2D eigenvalue weighted by Gasteiger charge is -2.34. The first-order valence-electron chi connectivity index (χ1n) is 9.66. The lowest BCUT2D eigenvalue weighted by molar-refractivity contribution is -0.132. The van der Waals surface area contributed by atoms with Crippen molar-refractivity contribution in [3.05, 3.63) is 59.9 Å². The number of carbonyl (C=O) groups excluding carboxylic acids is 1. The van der Waals surface area contributed by atoms with Crippen molar-refractivity contribution in [3.8, 4) is 5.75 Å². The van der Waals surface area contributed by atoms with Crippen LogP contribution in [0.1, 0.15) is 12.0 Å². The Morgan fingerprint density at radius 3 is 2.46 bits per heavy atom. The van der Waals surface area contributed by atoms with Crippen LogP contribution in [0.15, 0.2) is 53.4 Å². The van der Waals surface area contributed by atoms with E-state index in [2.05, 4.69) is 35.4 Å². The van der Waals surface area contributed by atoms with Gasteiger partial charge in [-0.25, -0.2) is 4.39 Å². The third-order valence-corrected chi connectivity index (χ3v) is 5.76. The highest BCUT2D eigenvalue weighted by molar-refractivity contribution is 7.98. The third kappa shape index (κ3) is 5.97. The van der Waals surface area contributed by atoms with Crippen molar-refractivity contribution >= 4 is 17.7 Å². The van der Waals surface area contributed by atoms with E-state index in [1.165, 1.54) is 16.5 Å². The van der Waals surface area contributed by atoms with E-state index < -0.39 is 0 Å². The van der Waals surface area contributed by atoms with E-state index in [-0.39, 0.29) is 11.7 Å². The maximum Gasteiger partial charge on any atom is 0.222 e. The molecule has 1 aliphatic rings. The summed E-state index contributed by atoms with van der Waals surface area (Å²) in [6, 6.07) is 14.9. The fraction of sp³-hybridized carbons (Fsp3) is 0.409. The summed E-state index contributed by atoms with van der Waals surface area (Å²) >= 11 is 1.72. The zero-order valence-electron chi connectivity index (χ0n) is 16.3. The van der Waals surface area contributed by atoms with Crippen molar-refractivity contribution in [2.45, 2.75) is 17.7 Å². The van der Waals surface area contributed by atoms with E-state index in [0.29, 0.717) is 18.8 Å². The van der Waals surface area contributed by atoms with Gasteiger partial charge in [-0.1, -0.05) is 24.3 Å². The second kappa shape index (κ2) is 10.5. The molecule has 0 bridgehead atoms. The van der Waals surface area contributed by atoms with Crippen molar-refractivity contribution in [1.29, 1.82) is 0 Å². The number of thioether (sulfide) groups is 1. The number of hydrogen-bond acceptors (Lipinski definition) is 4. The summed E-state index contributed by atoms with van der Waals surface area (Å²) in [5.74, 6) is 0.180. The third-order valence-electron chi connectivity index (χ3n) is 5.01. The summed E-state index contributed by atoms with van der Waals surface area (Å²) in [7, 11) is 0. The Kier molecular flexibility index (Phi) is 7.74. The van der Waals surface area contributed by atoms with E-state index >= 15 is 0 Å². The van der Waals surface area contributed by atoms with Crippen molar-refractivity contribution in [2.75, 3.05) is 45.6 Å². The van der Waals surface area contributed by atoms with E-state index in [0.717, 1.165) is 39.1 Å². The average Bonchev–Trinajstić information content (AvgIpc) is 2.74. The Morgan fingerprint density at radius 1 is 1.07 bits per heavy atom. The number of carbonyl (C=O) groups is 1. The Hall–Kier alpha value is -2.05. The van der Waals surface area contributed by atoms with Crippen LogP contribution >= 0.6 is 11.8 Å². The molecule has 1 fully saturated rings. The quantitative estimate of drug-likeness (QED) is 0.631. The number of aryl methyl sites for hydroxylation is 1. The van der Waals surface area contributed by atoms with Crippen LogP contribution in [0.5, 0.6) is 5.75 Å². The van der Waals surface area contributed by atoms with Crippen molar-refractivity contribution in [2.24, 2.45) is 0 Å². The van der Waals surface area contributed by atoms with Crippen molar-refractivity contribution in [1.82, 2.24) is 9.80 Å². The van der Waals surface area contributed by atoms with E-state index in [4.69, 9.17) is 4.74 Å². The van der Waals surface area contributed by atoms with Crippen LogP contribution in [-0.4, -0.2) is 61.3 Å². The molecular formula is C22H27FN2O2S. The van der Waals surface area contributed by atoms with Gasteiger partial charge in [-0.05, 0) is 42.5 Å². The van der Waals surface area contributed by atoms with Crippen LogP contribution < -0.4 is 4.74 Å². The Bertz CT molecular complexity index is 761. The molecule has 1 heterocycles. The number of hydrogen-bond donors (Lipinski definition) is 0. The summed E-state index contributed by atoms with van der Waals surface area (Å²) < 4.78 is 19.1. The van der Waals surface area contributed by atoms with Gasteiger partial charge in [0.15, 0.2) is 11.6 Å². The molecule has 1 amide bonds. The lowest BCUT2D eigenvalue weighted by Crippen LogP contribution is -2.49. The van der Waals surface area contributed by atoms with Gasteiger partial charge in [0.05, 0.1) is 0 Å². The molecule has 2 aromatic rings. The summed E-state index contributed by atoms with van der Waals surface area (Å²) in [6.45, 7) is 4.32. The van der Waals surface area contributed by atoms with Gasteiger partial charge >= 0.3 is 0 Å². The van der Waals surface area contributed by atoms with Crippen LogP contribution in [0.25, 0.3) is 0 Å². The fourth-order valence-corrected chi connectivity index (χ4v) is 3.68. The molecule has 6 heteroatoms. The minimum atomic E-state index is -0.332. The van der Waals surface area contributed by atoms with Gasteiger partial charge in [0.1, 0.15) is 6.61 Å². The molecule has 0 unspecified atom stereocenters. The van der Waals surface area contributed by atoms with Gasteiger partial charge in [-0.2, -0.15) is 0 Å². The predicted octanol–water partition coefficient (Wildman–Crippen LogP) is 3.70. The maximum atomic E-state index is 13.5. The number of rotatable bonds is 8. The molecule has 0 aliphatic carbocycles. The van der Waals surface area contributed by atoms with Crippen LogP contribution in [0, 0.1) is 5.82 Å². The molecule has 28 heavy (non-hydrogen) atoms. The minimum Gasteiger partial charge on any atom is -0.489 e. The monoisotopic (exact) mass is 402 g/mol. The first kappa shape index (κ1) is 20.7. The van der Waals surface area contributed by atoms with Crippen LogP contribution in [0.3, 0.4) is 0 Å². The summed E-state index contributed by atoms with van der Waals surface area (Å²) in [5, 5.41) is 0. The number of piperazine rings is 1. The van der Waals surface area contributed by atoms with E-state index in [9.17, 15) is 9.18 Å². The fourth-order valence-electron chi connectivity index (χ4n) is 3.27. The standard InChI is InChI=1S/C22H27FN2O2S/c1-28-19-9-6-18(7-10-19)8-11-22(26)25-14-12-24(13-15-25)16-17-27-21-5-3-2-4-20(21)23/h2-7,9-10H,8,11-17H2,1H3. The summed E-state index contributed by atoms with van der Waals surface area (Å²) in [4.78, 5) is 17.9.